The lowest BCUT2D eigenvalue weighted by molar-refractivity contribution is -0.384. The number of nitrogens with zero attached hydrogens (tertiary/aromatic N) is 1. The van der Waals surface area contributed by atoms with E-state index in [1.807, 2.05) is 36.4 Å². The summed E-state index contributed by atoms with van der Waals surface area (Å²) in [7, 11) is 0. The second kappa shape index (κ2) is 5.27. The third-order valence-electron chi connectivity index (χ3n) is 2.75. The van der Waals surface area contributed by atoms with Crippen LogP contribution < -0.4 is 0 Å². The minimum absolute atomic E-state index is 0.112. The molecule has 0 amide bonds. The average Bonchev–Trinajstić information content (AvgIpc) is 2.40. The van der Waals surface area contributed by atoms with E-state index in [0.29, 0.717) is 0 Å². The van der Waals surface area contributed by atoms with Gasteiger partial charge in [0.05, 0.1) is 4.92 Å². The number of allylic oxidation sites excluding steroid dienone is 1. The number of rotatable bonds is 4. The van der Waals surface area contributed by atoms with Gasteiger partial charge in [0.25, 0.3) is 5.69 Å². The van der Waals surface area contributed by atoms with Gasteiger partial charge in [-0.1, -0.05) is 42.5 Å². The van der Waals surface area contributed by atoms with Crippen LogP contribution >= 0.6 is 0 Å². The standard InChI is InChI=1S/C15H13NO2/c1-2-6-12-7-3-4-10-15(12)13-8-5-9-14(11-13)16(17)18/h2-5,7-11H,1,6H2. The Labute approximate surface area is 106 Å². The van der Waals surface area contributed by atoms with Gasteiger partial charge in [0.2, 0.25) is 0 Å². The van der Waals surface area contributed by atoms with Gasteiger partial charge in [-0.15, -0.1) is 6.58 Å². The molecular weight excluding hydrogens is 226 g/mol. The minimum atomic E-state index is -0.375. The lowest BCUT2D eigenvalue weighted by Gasteiger charge is -2.07. The molecule has 0 saturated carbocycles. The summed E-state index contributed by atoms with van der Waals surface area (Å²) in [6, 6.07) is 14.6. The molecule has 0 fully saturated rings. The lowest BCUT2D eigenvalue weighted by Crippen LogP contribution is -1.91. The summed E-state index contributed by atoms with van der Waals surface area (Å²) in [4.78, 5) is 10.4. The minimum Gasteiger partial charge on any atom is -0.258 e. The molecule has 2 aromatic carbocycles. The molecule has 3 heteroatoms. The number of non-ortho nitro benzene ring substituents is 1. The Balaban J connectivity index is 2.51. The Morgan fingerprint density at radius 3 is 2.67 bits per heavy atom. The number of nitro benzene ring substituents is 1. The van der Waals surface area contributed by atoms with Crippen molar-refractivity contribution < 1.29 is 4.92 Å². The van der Waals surface area contributed by atoms with Crippen molar-refractivity contribution in [3.8, 4) is 11.1 Å². The average molecular weight is 239 g/mol. The molecule has 0 aromatic heterocycles. The van der Waals surface area contributed by atoms with E-state index in [4.69, 9.17) is 0 Å². The zero-order chi connectivity index (χ0) is 13.0. The Morgan fingerprint density at radius 2 is 1.94 bits per heavy atom. The van der Waals surface area contributed by atoms with Gasteiger partial charge in [-0.3, -0.25) is 10.1 Å². The fraction of sp³-hybridized carbons (Fsp3) is 0.0667. The van der Waals surface area contributed by atoms with Crippen LogP contribution in [0.1, 0.15) is 5.56 Å². The molecule has 0 radical (unpaired) electrons. The molecule has 0 atom stereocenters. The van der Waals surface area contributed by atoms with E-state index in [-0.39, 0.29) is 10.6 Å². The van der Waals surface area contributed by atoms with Gasteiger partial charge in [0, 0.05) is 12.1 Å². The van der Waals surface area contributed by atoms with Gasteiger partial charge in [0.15, 0.2) is 0 Å². The van der Waals surface area contributed by atoms with Crippen LogP contribution in [0.5, 0.6) is 0 Å². The molecule has 0 aliphatic heterocycles. The van der Waals surface area contributed by atoms with E-state index >= 15 is 0 Å². The first-order valence-corrected chi connectivity index (χ1v) is 5.66. The predicted molar refractivity (Wildman–Crippen MR) is 72.4 cm³/mol. The third kappa shape index (κ3) is 2.46. The molecule has 0 unspecified atom stereocenters. The number of benzene rings is 2. The first kappa shape index (κ1) is 12.0. The normalized spacial score (nSPS) is 10.0. The van der Waals surface area contributed by atoms with E-state index in [0.717, 1.165) is 23.1 Å². The van der Waals surface area contributed by atoms with Gasteiger partial charge in [-0.25, -0.2) is 0 Å². The largest absolute Gasteiger partial charge is 0.270 e. The van der Waals surface area contributed by atoms with Crippen molar-refractivity contribution in [2.24, 2.45) is 0 Å². The van der Waals surface area contributed by atoms with E-state index in [2.05, 4.69) is 6.58 Å². The van der Waals surface area contributed by atoms with Crippen molar-refractivity contribution in [2.75, 3.05) is 0 Å². The number of nitro groups is 1. The summed E-state index contributed by atoms with van der Waals surface area (Å²) in [5.74, 6) is 0. The van der Waals surface area contributed by atoms with Crippen LogP contribution in [0.2, 0.25) is 0 Å². The number of hydrogen-bond acceptors (Lipinski definition) is 2. The zero-order valence-electron chi connectivity index (χ0n) is 9.87. The summed E-state index contributed by atoms with van der Waals surface area (Å²) in [5, 5.41) is 10.8. The summed E-state index contributed by atoms with van der Waals surface area (Å²) in [6.07, 6.45) is 2.58. The van der Waals surface area contributed by atoms with Gasteiger partial charge < -0.3 is 0 Å². The van der Waals surface area contributed by atoms with E-state index < -0.39 is 0 Å². The monoisotopic (exact) mass is 239 g/mol. The first-order valence-electron chi connectivity index (χ1n) is 5.66. The Morgan fingerprint density at radius 1 is 1.17 bits per heavy atom. The molecule has 0 aliphatic rings. The highest BCUT2D eigenvalue weighted by Crippen LogP contribution is 2.27. The molecule has 0 bridgehead atoms. The molecule has 90 valence electrons. The van der Waals surface area contributed by atoms with Crippen LogP contribution in [-0.2, 0) is 6.42 Å². The maximum atomic E-state index is 10.8. The summed E-state index contributed by atoms with van der Waals surface area (Å²) in [5.41, 5.74) is 3.11. The summed E-state index contributed by atoms with van der Waals surface area (Å²) in [6.45, 7) is 3.73. The maximum absolute atomic E-state index is 10.8. The van der Waals surface area contributed by atoms with Crippen molar-refractivity contribution in [3.05, 3.63) is 76.9 Å². The Kier molecular flexibility index (Phi) is 3.53. The second-order valence-corrected chi connectivity index (χ2v) is 3.96. The molecule has 3 nitrogen and oxygen atoms in total. The summed E-state index contributed by atoms with van der Waals surface area (Å²) < 4.78 is 0. The van der Waals surface area contributed by atoms with Crippen LogP contribution in [0.3, 0.4) is 0 Å². The van der Waals surface area contributed by atoms with Crippen molar-refractivity contribution >= 4 is 5.69 Å². The topological polar surface area (TPSA) is 43.1 Å². The second-order valence-electron chi connectivity index (χ2n) is 3.96. The number of hydrogen-bond donors (Lipinski definition) is 0. The lowest BCUT2D eigenvalue weighted by atomic mass is 9.97. The molecule has 2 aromatic rings. The molecule has 0 aliphatic carbocycles. The van der Waals surface area contributed by atoms with Gasteiger partial charge in [-0.05, 0) is 23.1 Å². The fourth-order valence-electron chi connectivity index (χ4n) is 1.92. The van der Waals surface area contributed by atoms with E-state index in [1.165, 1.54) is 6.07 Å². The Bertz CT molecular complexity index is 591. The van der Waals surface area contributed by atoms with Gasteiger partial charge in [0.1, 0.15) is 0 Å². The van der Waals surface area contributed by atoms with E-state index in [9.17, 15) is 10.1 Å². The van der Waals surface area contributed by atoms with Crippen molar-refractivity contribution in [1.82, 2.24) is 0 Å². The van der Waals surface area contributed by atoms with Crippen LogP contribution in [0.15, 0.2) is 61.2 Å². The Hall–Kier alpha value is -2.42. The maximum Gasteiger partial charge on any atom is 0.270 e. The first-order chi connectivity index (χ1) is 8.72. The highest BCUT2D eigenvalue weighted by molar-refractivity contribution is 5.69. The van der Waals surface area contributed by atoms with Crippen LogP contribution in [0, 0.1) is 10.1 Å². The zero-order valence-corrected chi connectivity index (χ0v) is 9.87. The van der Waals surface area contributed by atoms with E-state index in [1.54, 1.807) is 12.1 Å². The third-order valence-corrected chi connectivity index (χ3v) is 2.75. The molecule has 0 spiro atoms. The summed E-state index contributed by atoms with van der Waals surface area (Å²) >= 11 is 0. The van der Waals surface area contributed by atoms with Crippen molar-refractivity contribution in [3.63, 3.8) is 0 Å². The smallest absolute Gasteiger partial charge is 0.258 e. The SMILES string of the molecule is C=CCc1ccccc1-c1cccc([N+](=O)[O-])c1. The predicted octanol–water partition coefficient (Wildman–Crippen LogP) is 3.99. The molecule has 18 heavy (non-hydrogen) atoms. The van der Waals surface area contributed by atoms with Crippen LogP contribution in [0.25, 0.3) is 11.1 Å². The van der Waals surface area contributed by atoms with Gasteiger partial charge in [-0.2, -0.15) is 0 Å². The quantitative estimate of drug-likeness (QED) is 0.460. The highest BCUT2D eigenvalue weighted by atomic mass is 16.6. The molecule has 2 rings (SSSR count). The molecule has 0 N–H and O–H groups in total. The molecule has 0 heterocycles. The fourth-order valence-corrected chi connectivity index (χ4v) is 1.92. The van der Waals surface area contributed by atoms with Crippen molar-refractivity contribution in [2.45, 2.75) is 6.42 Å². The molecular formula is C15H13NO2. The highest BCUT2D eigenvalue weighted by Gasteiger charge is 2.09. The van der Waals surface area contributed by atoms with Crippen LogP contribution in [0.4, 0.5) is 5.69 Å². The van der Waals surface area contributed by atoms with Crippen molar-refractivity contribution in [1.29, 1.82) is 0 Å². The van der Waals surface area contributed by atoms with Gasteiger partial charge >= 0.3 is 0 Å². The van der Waals surface area contributed by atoms with Crippen LogP contribution in [-0.4, -0.2) is 4.92 Å². The molecule has 0 saturated heterocycles.